The molecule has 2 aromatic heterocycles. The molecule has 154 valence electrons. The fraction of sp³-hybridized carbons (Fsp3) is 0.190. The topological polar surface area (TPSA) is 66.5 Å². The molecule has 9 heteroatoms. The minimum Gasteiger partial charge on any atom is -0.495 e. The molecule has 1 aliphatic rings. The SMILES string of the molecule is COc1ccc(N2C(=S)NC(c3ccccn3)C2c2ccc(Br)s2)cc1NC(C)=O. The van der Waals surface area contributed by atoms with Gasteiger partial charge < -0.3 is 20.3 Å². The van der Waals surface area contributed by atoms with Crippen molar-refractivity contribution in [3.05, 3.63) is 69.1 Å². The van der Waals surface area contributed by atoms with Crippen LogP contribution in [0.15, 0.2) is 58.5 Å². The first kappa shape index (κ1) is 20.8. The molecule has 3 heterocycles. The Kier molecular flexibility index (Phi) is 6.03. The molecule has 0 spiro atoms. The van der Waals surface area contributed by atoms with Crippen LogP contribution in [0.5, 0.6) is 5.75 Å². The first-order valence-corrected chi connectivity index (χ1v) is 11.2. The van der Waals surface area contributed by atoms with Gasteiger partial charge in [-0.05, 0) is 70.6 Å². The van der Waals surface area contributed by atoms with Crippen LogP contribution >= 0.6 is 39.5 Å². The highest BCUT2D eigenvalue weighted by atomic mass is 79.9. The summed E-state index contributed by atoms with van der Waals surface area (Å²) in [5.74, 6) is 0.418. The zero-order valence-corrected chi connectivity index (χ0v) is 19.5. The number of benzene rings is 1. The van der Waals surface area contributed by atoms with E-state index in [2.05, 4.69) is 42.5 Å². The fourth-order valence-electron chi connectivity index (χ4n) is 3.54. The lowest BCUT2D eigenvalue weighted by Gasteiger charge is -2.27. The van der Waals surface area contributed by atoms with Crippen LogP contribution in [0.1, 0.15) is 29.6 Å². The maximum absolute atomic E-state index is 11.7. The molecule has 1 fully saturated rings. The summed E-state index contributed by atoms with van der Waals surface area (Å²) in [7, 11) is 1.57. The minimum atomic E-state index is -0.169. The summed E-state index contributed by atoms with van der Waals surface area (Å²) in [4.78, 5) is 19.4. The first-order valence-electron chi connectivity index (χ1n) is 9.19. The number of nitrogens with zero attached hydrogens (tertiary/aromatic N) is 2. The van der Waals surface area contributed by atoms with Gasteiger partial charge in [-0.2, -0.15) is 0 Å². The van der Waals surface area contributed by atoms with E-state index in [4.69, 9.17) is 17.0 Å². The zero-order chi connectivity index (χ0) is 21.3. The number of carbonyl (C=O) groups is 1. The molecule has 1 aliphatic heterocycles. The number of hydrogen-bond donors (Lipinski definition) is 2. The molecule has 0 radical (unpaired) electrons. The summed E-state index contributed by atoms with van der Waals surface area (Å²) in [6.07, 6.45) is 1.78. The maximum atomic E-state index is 11.7. The third kappa shape index (κ3) is 4.05. The van der Waals surface area contributed by atoms with E-state index in [-0.39, 0.29) is 18.0 Å². The summed E-state index contributed by atoms with van der Waals surface area (Å²) in [6, 6.07) is 15.4. The summed E-state index contributed by atoms with van der Waals surface area (Å²) in [5.41, 5.74) is 2.36. The molecule has 2 N–H and O–H groups in total. The van der Waals surface area contributed by atoms with E-state index in [0.717, 1.165) is 20.0 Å². The van der Waals surface area contributed by atoms with Crippen LogP contribution in [0.4, 0.5) is 11.4 Å². The van der Waals surface area contributed by atoms with Crippen molar-refractivity contribution in [1.29, 1.82) is 0 Å². The number of methoxy groups -OCH3 is 1. The second-order valence-electron chi connectivity index (χ2n) is 6.70. The second-order valence-corrected chi connectivity index (χ2v) is 9.59. The number of halogens is 1. The van der Waals surface area contributed by atoms with Gasteiger partial charge in [-0.3, -0.25) is 9.78 Å². The predicted octanol–water partition coefficient (Wildman–Crippen LogP) is 5.05. The fourth-order valence-corrected chi connectivity index (χ4v) is 5.44. The Hall–Kier alpha value is -2.49. The van der Waals surface area contributed by atoms with Gasteiger partial charge in [0.1, 0.15) is 5.75 Å². The molecule has 30 heavy (non-hydrogen) atoms. The van der Waals surface area contributed by atoms with Crippen LogP contribution in [0.25, 0.3) is 0 Å². The van der Waals surface area contributed by atoms with Crippen LogP contribution in [0.3, 0.4) is 0 Å². The molecule has 3 aromatic rings. The standard InChI is InChI=1S/C21H19BrN4O2S2/c1-12(27)24-15-11-13(6-7-16(15)28-2)26-20(17-8-9-18(22)30-17)19(25-21(26)29)14-5-3-4-10-23-14/h3-11,19-20H,1-2H3,(H,24,27)(H,25,29). The van der Waals surface area contributed by atoms with E-state index in [1.54, 1.807) is 24.6 Å². The number of rotatable bonds is 5. The highest BCUT2D eigenvalue weighted by Gasteiger charge is 2.41. The van der Waals surface area contributed by atoms with Crippen molar-refractivity contribution in [2.75, 3.05) is 17.3 Å². The van der Waals surface area contributed by atoms with Gasteiger partial charge in [-0.15, -0.1) is 11.3 Å². The van der Waals surface area contributed by atoms with Gasteiger partial charge in [0, 0.05) is 23.7 Å². The van der Waals surface area contributed by atoms with Gasteiger partial charge in [0.2, 0.25) is 5.91 Å². The Balaban J connectivity index is 1.81. The number of anilines is 2. The summed E-state index contributed by atoms with van der Waals surface area (Å²) in [6.45, 7) is 1.47. The van der Waals surface area contributed by atoms with E-state index < -0.39 is 0 Å². The van der Waals surface area contributed by atoms with Gasteiger partial charge in [0.25, 0.3) is 0 Å². The van der Waals surface area contributed by atoms with E-state index in [1.807, 2.05) is 42.5 Å². The Labute approximate surface area is 192 Å². The normalized spacial score (nSPS) is 18.2. The Morgan fingerprint density at radius 1 is 1.30 bits per heavy atom. The van der Waals surface area contributed by atoms with Crippen molar-refractivity contribution in [3.63, 3.8) is 0 Å². The second kappa shape index (κ2) is 8.71. The highest BCUT2D eigenvalue weighted by Crippen LogP contribution is 2.45. The van der Waals surface area contributed by atoms with Crippen molar-refractivity contribution in [1.82, 2.24) is 10.3 Å². The molecule has 2 unspecified atom stereocenters. The molecule has 0 aliphatic carbocycles. The van der Waals surface area contributed by atoms with Crippen LogP contribution in [0.2, 0.25) is 0 Å². The van der Waals surface area contributed by atoms with Crippen molar-refractivity contribution in [3.8, 4) is 5.75 Å². The number of carbonyl (C=O) groups excluding carboxylic acids is 1. The van der Waals surface area contributed by atoms with Crippen molar-refractivity contribution < 1.29 is 9.53 Å². The molecular weight excluding hydrogens is 484 g/mol. The molecular formula is C21H19BrN4O2S2. The lowest BCUT2D eigenvalue weighted by Crippen LogP contribution is -2.29. The lowest BCUT2D eigenvalue weighted by molar-refractivity contribution is -0.114. The van der Waals surface area contributed by atoms with Crippen LogP contribution in [0, 0.1) is 0 Å². The van der Waals surface area contributed by atoms with Crippen molar-refractivity contribution >= 4 is 61.9 Å². The van der Waals surface area contributed by atoms with Crippen LogP contribution in [-0.2, 0) is 4.79 Å². The third-order valence-electron chi connectivity index (χ3n) is 4.76. The maximum Gasteiger partial charge on any atom is 0.221 e. The molecule has 6 nitrogen and oxygen atoms in total. The number of thiophene rings is 1. The van der Waals surface area contributed by atoms with Crippen LogP contribution in [-0.4, -0.2) is 23.1 Å². The summed E-state index contributed by atoms with van der Waals surface area (Å²) in [5, 5.41) is 6.86. The number of ether oxygens (including phenoxy) is 1. The predicted molar refractivity (Wildman–Crippen MR) is 127 cm³/mol. The van der Waals surface area contributed by atoms with E-state index >= 15 is 0 Å². The van der Waals surface area contributed by atoms with E-state index in [0.29, 0.717) is 16.5 Å². The number of amides is 1. The van der Waals surface area contributed by atoms with Gasteiger partial charge in [-0.1, -0.05) is 6.07 Å². The number of hydrogen-bond acceptors (Lipinski definition) is 5. The van der Waals surface area contributed by atoms with Crippen molar-refractivity contribution in [2.45, 2.75) is 19.0 Å². The molecule has 0 saturated carbocycles. The summed E-state index contributed by atoms with van der Waals surface area (Å²) < 4.78 is 6.45. The average Bonchev–Trinajstić information content (AvgIpc) is 3.31. The van der Waals surface area contributed by atoms with Gasteiger partial charge in [-0.25, -0.2) is 0 Å². The Morgan fingerprint density at radius 2 is 2.13 bits per heavy atom. The van der Waals surface area contributed by atoms with Gasteiger partial charge in [0.15, 0.2) is 5.11 Å². The first-order chi connectivity index (χ1) is 14.5. The van der Waals surface area contributed by atoms with Crippen LogP contribution < -0.4 is 20.3 Å². The average molecular weight is 503 g/mol. The number of nitrogens with one attached hydrogen (secondary N) is 2. The molecule has 2 atom stereocenters. The number of thiocarbonyl (C=S) groups is 1. The molecule has 0 bridgehead atoms. The molecule has 4 rings (SSSR count). The third-order valence-corrected chi connectivity index (χ3v) is 6.76. The zero-order valence-electron chi connectivity index (χ0n) is 16.3. The van der Waals surface area contributed by atoms with Gasteiger partial charge in [0.05, 0.1) is 34.4 Å². The highest BCUT2D eigenvalue weighted by molar-refractivity contribution is 9.11. The Morgan fingerprint density at radius 3 is 2.77 bits per heavy atom. The number of pyridine rings is 1. The largest absolute Gasteiger partial charge is 0.495 e. The quantitative estimate of drug-likeness (QED) is 0.475. The van der Waals surface area contributed by atoms with Gasteiger partial charge >= 0.3 is 0 Å². The molecule has 1 saturated heterocycles. The van der Waals surface area contributed by atoms with E-state index in [1.165, 1.54) is 6.92 Å². The Bertz CT molecular complexity index is 1090. The van der Waals surface area contributed by atoms with Crippen molar-refractivity contribution in [2.24, 2.45) is 0 Å². The molecule has 1 amide bonds. The monoisotopic (exact) mass is 502 g/mol. The summed E-state index contributed by atoms with van der Waals surface area (Å²) >= 11 is 11.0. The molecule has 1 aromatic carbocycles. The lowest BCUT2D eigenvalue weighted by atomic mass is 10.0. The smallest absolute Gasteiger partial charge is 0.221 e. The minimum absolute atomic E-state index is 0.0951. The van der Waals surface area contributed by atoms with E-state index in [9.17, 15) is 4.79 Å². The number of aromatic nitrogens is 1.